The van der Waals surface area contributed by atoms with Gasteiger partial charge in [-0.1, -0.05) is 0 Å². The molecule has 1 aliphatic rings. The van der Waals surface area contributed by atoms with Gasteiger partial charge in [0.05, 0.1) is 6.04 Å². The van der Waals surface area contributed by atoms with Crippen LogP contribution in [-0.2, 0) is 4.74 Å². The summed E-state index contributed by atoms with van der Waals surface area (Å²) in [5, 5.41) is 15.5. The normalized spacial score (nSPS) is 18.4. The molecule has 1 unspecified atom stereocenters. The molecule has 1 fully saturated rings. The number of carbonyl (C=O) groups is 1. The molecule has 0 spiro atoms. The lowest BCUT2D eigenvalue weighted by atomic mass is 10.2. The molecule has 8 nitrogen and oxygen atoms in total. The average Bonchev–Trinajstić information content (AvgIpc) is 3.04. The molecule has 1 amide bonds. The van der Waals surface area contributed by atoms with Crippen LogP contribution in [0, 0.1) is 6.92 Å². The quantitative estimate of drug-likeness (QED) is 0.904. The highest BCUT2D eigenvalue weighted by Gasteiger charge is 2.27. The zero-order valence-corrected chi connectivity index (χ0v) is 13.9. The molecule has 124 valence electrons. The van der Waals surface area contributed by atoms with Gasteiger partial charge in [-0.2, -0.15) is 4.52 Å². The first-order valence-corrected chi connectivity index (χ1v) is 7.75. The summed E-state index contributed by atoms with van der Waals surface area (Å²) in [5.74, 6) is 1.61. The van der Waals surface area contributed by atoms with Crippen LogP contribution in [0.2, 0.25) is 0 Å². The molecule has 1 N–H and O–H groups in total. The Bertz CT molecular complexity index is 720. The Morgan fingerprint density at radius 2 is 2.13 bits per heavy atom. The zero-order valence-electron chi connectivity index (χ0n) is 13.9. The number of nitrogens with one attached hydrogen (secondary N) is 1. The van der Waals surface area contributed by atoms with Gasteiger partial charge in [0.1, 0.15) is 11.4 Å². The molecule has 2 aromatic rings. The molecule has 0 aromatic carbocycles. The molecular weight excluding hydrogens is 296 g/mol. The number of amides is 1. The minimum atomic E-state index is -0.485. The number of anilines is 1. The standard InChI is InChI=1S/C15H22N6O2/c1-10-17-18-12-5-6-13(19-21(10)12)20-8-7-11(9-20)16-14(22)23-15(2,3)4/h5-6,11H,7-9H2,1-4H3,(H,16,22). The maximum absolute atomic E-state index is 11.9. The number of hydrogen-bond donors (Lipinski definition) is 1. The van der Waals surface area contributed by atoms with Gasteiger partial charge in [0.25, 0.3) is 0 Å². The second kappa shape index (κ2) is 5.68. The number of aromatic nitrogens is 4. The monoisotopic (exact) mass is 318 g/mol. The molecular formula is C15H22N6O2. The Labute approximate surface area is 134 Å². The summed E-state index contributed by atoms with van der Waals surface area (Å²) in [6.07, 6.45) is 0.488. The molecule has 3 heterocycles. The molecule has 23 heavy (non-hydrogen) atoms. The van der Waals surface area contributed by atoms with Crippen molar-refractivity contribution >= 4 is 17.6 Å². The maximum Gasteiger partial charge on any atom is 0.407 e. The summed E-state index contributed by atoms with van der Waals surface area (Å²) in [6.45, 7) is 8.98. The van der Waals surface area contributed by atoms with Crippen LogP contribution in [0.5, 0.6) is 0 Å². The third-order valence-electron chi connectivity index (χ3n) is 3.64. The highest BCUT2D eigenvalue weighted by atomic mass is 16.6. The molecule has 1 atom stereocenters. The van der Waals surface area contributed by atoms with Gasteiger partial charge in [-0.15, -0.1) is 15.3 Å². The summed E-state index contributed by atoms with van der Waals surface area (Å²) in [7, 11) is 0. The van der Waals surface area contributed by atoms with Gasteiger partial charge >= 0.3 is 6.09 Å². The second-order valence-electron chi connectivity index (χ2n) is 6.79. The van der Waals surface area contributed by atoms with Crippen LogP contribution in [0.15, 0.2) is 12.1 Å². The van der Waals surface area contributed by atoms with Crippen LogP contribution < -0.4 is 10.2 Å². The van der Waals surface area contributed by atoms with E-state index in [1.54, 1.807) is 4.52 Å². The van der Waals surface area contributed by atoms with E-state index in [4.69, 9.17) is 4.74 Å². The van der Waals surface area contributed by atoms with Gasteiger partial charge in [0, 0.05) is 13.1 Å². The van der Waals surface area contributed by atoms with E-state index in [0.29, 0.717) is 6.54 Å². The van der Waals surface area contributed by atoms with Gasteiger partial charge in [-0.25, -0.2) is 4.79 Å². The van der Waals surface area contributed by atoms with Crippen molar-refractivity contribution in [2.24, 2.45) is 0 Å². The molecule has 0 bridgehead atoms. The van der Waals surface area contributed by atoms with E-state index < -0.39 is 5.60 Å². The summed E-state index contributed by atoms with van der Waals surface area (Å²) >= 11 is 0. The molecule has 1 saturated heterocycles. The third-order valence-corrected chi connectivity index (χ3v) is 3.64. The lowest BCUT2D eigenvalue weighted by molar-refractivity contribution is 0.0509. The summed E-state index contributed by atoms with van der Waals surface area (Å²) in [6, 6.07) is 3.89. The van der Waals surface area contributed by atoms with Crippen molar-refractivity contribution in [3.05, 3.63) is 18.0 Å². The van der Waals surface area contributed by atoms with Crippen molar-refractivity contribution in [3.8, 4) is 0 Å². The van der Waals surface area contributed by atoms with Crippen LogP contribution in [0.1, 0.15) is 33.0 Å². The first kappa shape index (κ1) is 15.5. The molecule has 1 aliphatic heterocycles. The first-order chi connectivity index (χ1) is 10.8. The summed E-state index contributed by atoms with van der Waals surface area (Å²) in [4.78, 5) is 14.0. The predicted molar refractivity (Wildman–Crippen MR) is 85.5 cm³/mol. The highest BCUT2D eigenvalue weighted by Crippen LogP contribution is 2.19. The Morgan fingerprint density at radius 1 is 1.35 bits per heavy atom. The molecule has 0 radical (unpaired) electrons. The largest absolute Gasteiger partial charge is 0.444 e. The van der Waals surface area contributed by atoms with Crippen LogP contribution in [0.4, 0.5) is 10.6 Å². The van der Waals surface area contributed by atoms with Crippen molar-refractivity contribution in [3.63, 3.8) is 0 Å². The number of ether oxygens (including phenoxy) is 1. The predicted octanol–water partition coefficient (Wildman–Crippen LogP) is 1.54. The van der Waals surface area contributed by atoms with Crippen LogP contribution in [0.3, 0.4) is 0 Å². The molecule has 3 rings (SSSR count). The van der Waals surface area contributed by atoms with Crippen LogP contribution in [-0.4, -0.2) is 50.6 Å². The van der Waals surface area contributed by atoms with Crippen LogP contribution >= 0.6 is 0 Å². The topological polar surface area (TPSA) is 84.7 Å². The third kappa shape index (κ3) is 3.52. The number of alkyl carbamates (subject to hydrolysis) is 1. The van der Waals surface area contributed by atoms with Crippen molar-refractivity contribution < 1.29 is 9.53 Å². The SMILES string of the molecule is Cc1nnc2ccc(N3CCC(NC(=O)OC(C)(C)C)C3)nn12. The van der Waals surface area contributed by atoms with Crippen molar-refractivity contribution in [1.82, 2.24) is 25.1 Å². The van der Waals surface area contributed by atoms with Gasteiger partial charge in [0.2, 0.25) is 0 Å². The lowest BCUT2D eigenvalue weighted by Gasteiger charge is -2.22. The van der Waals surface area contributed by atoms with E-state index in [0.717, 1.165) is 30.3 Å². The smallest absolute Gasteiger partial charge is 0.407 e. The summed E-state index contributed by atoms with van der Waals surface area (Å²) in [5.41, 5.74) is 0.245. The molecule has 8 heteroatoms. The number of aryl methyl sites for hydroxylation is 1. The number of rotatable bonds is 2. The van der Waals surface area contributed by atoms with Crippen molar-refractivity contribution in [2.75, 3.05) is 18.0 Å². The van der Waals surface area contributed by atoms with Gasteiger partial charge in [-0.3, -0.25) is 0 Å². The van der Waals surface area contributed by atoms with Gasteiger partial charge in [0.15, 0.2) is 11.5 Å². The number of hydrogen-bond acceptors (Lipinski definition) is 6. The first-order valence-electron chi connectivity index (χ1n) is 7.75. The van der Waals surface area contributed by atoms with E-state index in [-0.39, 0.29) is 12.1 Å². The second-order valence-corrected chi connectivity index (χ2v) is 6.79. The number of fused-ring (bicyclic) bond motifs is 1. The summed E-state index contributed by atoms with van der Waals surface area (Å²) < 4.78 is 7.02. The average molecular weight is 318 g/mol. The molecule has 0 aliphatic carbocycles. The van der Waals surface area contributed by atoms with Crippen molar-refractivity contribution in [2.45, 2.75) is 45.8 Å². The highest BCUT2D eigenvalue weighted by molar-refractivity contribution is 5.68. The molecule has 2 aromatic heterocycles. The minimum absolute atomic E-state index is 0.0596. The zero-order chi connectivity index (χ0) is 16.6. The number of carbonyl (C=O) groups excluding carboxylic acids is 1. The van der Waals surface area contributed by atoms with E-state index in [9.17, 15) is 4.79 Å². The van der Waals surface area contributed by atoms with E-state index in [1.807, 2.05) is 39.8 Å². The van der Waals surface area contributed by atoms with Gasteiger partial charge in [-0.05, 0) is 46.2 Å². The fraction of sp³-hybridized carbons (Fsp3) is 0.600. The van der Waals surface area contributed by atoms with Crippen molar-refractivity contribution in [1.29, 1.82) is 0 Å². The van der Waals surface area contributed by atoms with E-state index in [2.05, 4.69) is 25.5 Å². The van der Waals surface area contributed by atoms with E-state index in [1.165, 1.54) is 0 Å². The van der Waals surface area contributed by atoms with E-state index >= 15 is 0 Å². The fourth-order valence-corrected chi connectivity index (χ4v) is 2.62. The molecule has 0 saturated carbocycles. The lowest BCUT2D eigenvalue weighted by Crippen LogP contribution is -2.40. The Morgan fingerprint density at radius 3 is 2.87 bits per heavy atom. The Balaban J connectivity index is 1.64. The fourth-order valence-electron chi connectivity index (χ4n) is 2.62. The Kier molecular flexibility index (Phi) is 3.83. The van der Waals surface area contributed by atoms with Gasteiger partial charge < -0.3 is 15.0 Å². The van der Waals surface area contributed by atoms with Crippen LogP contribution in [0.25, 0.3) is 5.65 Å². The Hall–Kier alpha value is -2.38. The minimum Gasteiger partial charge on any atom is -0.444 e. The maximum atomic E-state index is 11.9. The number of nitrogens with zero attached hydrogens (tertiary/aromatic N) is 5.